The predicted octanol–water partition coefficient (Wildman–Crippen LogP) is 2.35. The number of carbonyl (C=O) groups excluding carboxylic acids is 1. The van der Waals surface area contributed by atoms with E-state index >= 15 is 0 Å². The van der Waals surface area contributed by atoms with E-state index in [9.17, 15) is 4.79 Å². The largest absolute Gasteiger partial charge is 0.368 e. The number of nitrogens with one attached hydrogen (secondary N) is 1. The molecule has 18 heavy (non-hydrogen) atoms. The molecule has 0 fully saturated rings. The fourth-order valence-electron chi connectivity index (χ4n) is 2.57. The van der Waals surface area contributed by atoms with E-state index in [4.69, 9.17) is 0 Å². The molecule has 3 heteroatoms. The molecule has 1 heterocycles. The van der Waals surface area contributed by atoms with Crippen LogP contribution in [0.4, 0.5) is 5.69 Å². The highest BCUT2D eigenvalue weighted by Gasteiger charge is 2.24. The first-order chi connectivity index (χ1) is 8.72. The minimum absolute atomic E-state index is 0.143. The Morgan fingerprint density at radius 2 is 2.22 bits per heavy atom. The van der Waals surface area contributed by atoms with E-state index in [-0.39, 0.29) is 5.91 Å². The zero-order valence-corrected chi connectivity index (χ0v) is 11.3. The molecule has 2 rings (SSSR count). The zero-order valence-electron chi connectivity index (χ0n) is 11.3. The van der Waals surface area contributed by atoms with Crippen LogP contribution >= 0.6 is 0 Å². The molecule has 1 aliphatic heterocycles. The quantitative estimate of drug-likeness (QED) is 0.809. The summed E-state index contributed by atoms with van der Waals surface area (Å²) in [7, 11) is 0. The Balaban J connectivity index is 1.85. The third kappa shape index (κ3) is 2.84. The van der Waals surface area contributed by atoms with Gasteiger partial charge in [0.1, 0.15) is 0 Å². The molecule has 0 radical (unpaired) electrons. The zero-order chi connectivity index (χ0) is 13.0. The Kier molecular flexibility index (Phi) is 4.24. The fourth-order valence-corrected chi connectivity index (χ4v) is 2.57. The third-order valence-electron chi connectivity index (χ3n) is 3.57. The lowest BCUT2D eigenvalue weighted by Gasteiger charge is -2.24. The van der Waals surface area contributed by atoms with E-state index < -0.39 is 0 Å². The molecule has 0 aromatic heterocycles. The summed E-state index contributed by atoms with van der Waals surface area (Å²) >= 11 is 0. The number of hydrogen-bond donors (Lipinski definition) is 1. The number of fused-ring (bicyclic) bond motifs is 1. The maximum absolute atomic E-state index is 11.1. The van der Waals surface area contributed by atoms with Gasteiger partial charge in [-0.2, -0.15) is 0 Å². The topological polar surface area (TPSA) is 32.3 Å². The number of hydrogen-bond acceptors (Lipinski definition) is 2. The predicted molar refractivity (Wildman–Crippen MR) is 74.9 cm³/mol. The van der Waals surface area contributed by atoms with Crippen LogP contribution in [0.3, 0.4) is 0 Å². The highest BCUT2D eigenvalue weighted by Crippen LogP contribution is 2.31. The van der Waals surface area contributed by atoms with Crippen LogP contribution in [0, 0.1) is 0 Å². The summed E-state index contributed by atoms with van der Waals surface area (Å²) in [5, 5.41) is 2.93. The van der Waals surface area contributed by atoms with Crippen LogP contribution in [0.15, 0.2) is 24.3 Å². The number of amides is 1. The first-order valence-corrected chi connectivity index (χ1v) is 6.83. The lowest BCUT2D eigenvalue weighted by Crippen LogP contribution is -2.33. The molecule has 98 valence electrons. The van der Waals surface area contributed by atoms with Gasteiger partial charge in [0, 0.05) is 31.2 Å². The first-order valence-electron chi connectivity index (χ1n) is 6.83. The number of benzene rings is 1. The van der Waals surface area contributed by atoms with Crippen LogP contribution in [-0.4, -0.2) is 25.0 Å². The summed E-state index contributed by atoms with van der Waals surface area (Å²) < 4.78 is 0. The van der Waals surface area contributed by atoms with E-state index in [1.54, 1.807) is 0 Å². The van der Waals surface area contributed by atoms with Crippen LogP contribution in [-0.2, 0) is 11.2 Å². The molecule has 0 unspecified atom stereocenters. The molecule has 0 saturated heterocycles. The standard InChI is InChI=1S/C15H22N2O/c1-3-15(18)16-9-6-10-17-12(2)11-13-7-4-5-8-14(13)17/h4-5,7-8,12H,3,6,9-11H2,1-2H3,(H,16,18)/t12-/m1/s1. The Hall–Kier alpha value is -1.51. The summed E-state index contributed by atoms with van der Waals surface area (Å²) in [6.07, 6.45) is 2.71. The summed E-state index contributed by atoms with van der Waals surface area (Å²) in [6, 6.07) is 9.19. The molecule has 1 aromatic carbocycles. The molecule has 0 saturated carbocycles. The van der Waals surface area contributed by atoms with Crippen molar-refractivity contribution >= 4 is 11.6 Å². The molecule has 0 aliphatic carbocycles. The van der Waals surface area contributed by atoms with Gasteiger partial charge < -0.3 is 10.2 Å². The smallest absolute Gasteiger partial charge is 0.219 e. The molecular formula is C15H22N2O. The SMILES string of the molecule is CCC(=O)NCCCN1c2ccccc2C[C@H]1C. The number of anilines is 1. The Morgan fingerprint density at radius 3 is 3.00 bits per heavy atom. The molecule has 1 aromatic rings. The van der Waals surface area contributed by atoms with Crippen molar-refractivity contribution in [2.24, 2.45) is 0 Å². The summed E-state index contributed by atoms with van der Waals surface area (Å²) in [5.41, 5.74) is 2.81. The summed E-state index contributed by atoms with van der Waals surface area (Å²) in [5.74, 6) is 0.143. The monoisotopic (exact) mass is 246 g/mol. The van der Waals surface area contributed by atoms with Gasteiger partial charge in [-0.05, 0) is 31.4 Å². The van der Waals surface area contributed by atoms with Gasteiger partial charge >= 0.3 is 0 Å². The van der Waals surface area contributed by atoms with E-state index in [0.717, 1.165) is 25.9 Å². The first kappa shape index (κ1) is 12.9. The Bertz CT molecular complexity index is 417. The van der Waals surface area contributed by atoms with E-state index in [1.165, 1.54) is 11.3 Å². The lowest BCUT2D eigenvalue weighted by atomic mass is 10.1. The van der Waals surface area contributed by atoms with Crippen molar-refractivity contribution in [3.8, 4) is 0 Å². The molecule has 3 nitrogen and oxygen atoms in total. The van der Waals surface area contributed by atoms with Crippen LogP contribution in [0.25, 0.3) is 0 Å². The molecule has 0 bridgehead atoms. The average Bonchev–Trinajstić information content (AvgIpc) is 2.70. The van der Waals surface area contributed by atoms with Gasteiger partial charge in [-0.1, -0.05) is 25.1 Å². The maximum Gasteiger partial charge on any atom is 0.219 e. The van der Waals surface area contributed by atoms with Crippen molar-refractivity contribution < 1.29 is 4.79 Å². The molecule has 1 aliphatic rings. The maximum atomic E-state index is 11.1. The highest BCUT2D eigenvalue weighted by atomic mass is 16.1. The van der Waals surface area contributed by atoms with Gasteiger partial charge in [-0.3, -0.25) is 4.79 Å². The average molecular weight is 246 g/mol. The lowest BCUT2D eigenvalue weighted by molar-refractivity contribution is -0.120. The van der Waals surface area contributed by atoms with Crippen LogP contribution in [0.2, 0.25) is 0 Å². The molecule has 1 atom stereocenters. The highest BCUT2D eigenvalue weighted by molar-refractivity contribution is 5.75. The Morgan fingerprint density at radius 1 is 1.44 bits per heavy atom. The minimum atomic E-state index is 0.143. The number of rotatable bonds is 5. The van der Waals surface area contributed by atoms with Gasteiger partial charge in [0.25, 0.3) is 0 Å². The second-order valence-corrected chi connectivity index (χ2v) is 4.93. The van der Waals surface area contributed by atoms with Crippen molar-refractivity contribution in [1.29, 1.82) is 0 Å². The van der Waals surface area contributed by atoms with E-state index in [2.05, 4.69) is 41.4 Å². The molecular weight excluding hydrogens is 224 g/mol. The van der Waals surface area contributed by atoms with Gasteiger partial charge in [0.15, 0.2) is 0 Å². The molecule has 1 amide bonds. The van der Waals surface area contributed by atoms with Crippen LogP contribution in [0.1, 0.15) is 32.3 Å². The van der Waals surface area contributed by atoms with Gasteiger partial charge in [0.05, 0.1) is 0 Å². The van der Waals surface area contributed by atoms with Crippen LogP contribution < -0.4 is 10.2 Å². The minimum Gasteiger partial charge on any atom is -0.368 e. The summed E-state index contributed by atoms with van der Waals surface area (Å²) in [4.78, 5) is 13.6. The number of nitrogens with zero attached hydrogens (tertiary/aromatic N) is 1. The normalized spacial score (nSPS) is 17.7. The van der Waals surface area contributed by atoms with Crippen LogP contribution in [0.5, 0.6) is 0 Å². The molecule has 1 N–H and O–H groups in total. The van der Waals surface area contributed by atoms with Gasteiger partial charge in [-0.15, -0.1) is 0 Å². The second kappa shape index (κ2) is 5.89. The number of para-hydroxylation sites is 1. The van der Waals surface area contributed by atoms with Crippen molar-refractivity contribution in [3.63, 3.8) is 0 Å². The summed E-state index contributed by atoms with van der Waals surface area (Å²) in [6.45, 7) is 5.94. The third-order valence-corrected chi connectivity index (χ3v) is 3.57. The van der Waals surface area contributed by atoms with Crippen molar-refractivity contribution in [2.75, 3.05) is 18.0 Å². The van der Waals surface area contributed by atoms with Crippen molar-refractivity contribution in [3.05, 3.63) is 29.8 Å². The number of carbonyl (C=O) groups is 1. The Labute approximate surface area is 109 Å². The fraction of sp³-hybridized carbons (Fsp3) is 0.533. The molecule has 0 spiro atoms. The van der Waals surface area contributed by atoms with Gasteiger partial charge in [-0.25, -0.2) is 0 Å². The van der Waals surface area contributed by atoms with Crippen molar-refractivity contribution in [1.82, 2.24) is 5.32 Å². The van der Waals surface area contributed by atoms with Crippen molar-refractivity contribution in [2.45, 2.75) is 39.2 Å². The van der Waals surface area contributed by atoms with Gasteiger partial charge in [0.2, 0.25) is 5.91 Å². The van der Waals surface area contributed by atoms with E-state index in [1.807, 2.05) is 6.92 Å². The second-order valence-electron chi connectivity index (χ2n) is 4.93. The van der Waals surface area contributed by atoms with E-state index in [0.29, 0.717) is 12.5 Å².